The number of aliphatic carboxylic acids is 1. The molecule has 0 aliphatic carbocycles. The maximum atomic E-state index is 13.4. The van der Waals surface area contributed by atoms with E-state index in [1.165, 1.54) is 19.2 Å². The zero-order valence-corrected chi connectivity index (χ0v) is 11.8. The summed E-state index contributed by atoms with van der Waals surface area (Å²) in [6, 6.07) is 11.5. The fourth-order valence-electron chi connectivity index (χ4n) is 2.10. The second-order valence-electron chi connectivity index (χ2n) is 4.59. The first-order valence-electron chi connectivity index (χ1n) is 6.37. The molecule has 0 amide bonds. The second kappa shape index (κ2) is 6.22. The summed E-state index contributed by atoms with van der Waals surface area (Å²) in [5.41, 5.74) is 2.75. The van der Waals surface area contributed by atoms with E-state index in [2.05, 4.69) is 0 Å². The maximum Gasteiger partial charge on any atom is 0.328 e. The number of rotatable bonds is 4. The molecular weight excluding hydrogens is 271 g/mol. The van der Waals surface area contributed by atoms with E-state index in [-0.39, 0.29) is 5.82 Å². The molecular formula is C17H15FO3. The third-order valence-electron chi connectivity index (χ3n) is 3.13. The van der Waals surface area contributed by atoms with Crippen LogP contribution in [0.1, 0.15) is 12.5 Å². The summed E-state index contributed by atoms with van der Waals surface area (Å²) in [6.07, 6.45) is 1.14. The predicted molar refractivity (Wildman–Crippen MR) is 79.7 cm³/mol. The lowest BCUT2D eigenvalue weighted by Crippen LogP contribution is -1.93. The Labute approximate surface area is 122 Å². The van der Waals surface area contributed by atoms with Gasteiger partial charge in [-0.2, -0.15) is 0 Å². The molecule has 0 saturated carbocycles. The van der Waals surface area contributed by atoms with E-state index in [9.17, 15) is 9.18 Å². The average molecular weight is 286 g/mol. The number of benzene rings is 2. The lowest BCUT2D eigenvalue weighted by molar-refractivity contribution is -0.131. The normalized spacial score (nSPS) is 11.3. The Kier molecular flexibility index (Phi) is 4.38. The molecule has 3 nitrogen and oxygen atoms in total. The Balaban J connectivity index is 2.56. The summed E-state index contributed by atoms with van der Waals surface area (Å²) in [6.45, 7) is 1.71. The molecule has 0 aromatic heterocycles. The molecule has 0 radical (unpaired) electrons. The van der Waals surface area contributed by atoms with E-state index < -0.39 is 5.97 Å². The number of allylic oxidation sites excluding steroid dienone is 1. The summed E-state index contributed by atoms with van der Waals surface area (Å²) in [4.78, 5) is 10.8. The van der Waals surface area contributed by atoms with Crippen LogP contribution in [-0.4, -0.2) is 18.2 Å². The van der Waals surface area contributed by atoms with Crippen molar-refractivity contribution in [1.82, 2.24) is 0 Å². The van der Waals surface area contributed by atoms with Crippen molar-refractivity contribution in [2.24, 2.45) is 0 Å². The molecule has 2 aromatic carbocycles. The van der Waals surface area contributed by atoms with Gasteiger partial charge in [0.2, 0.25) is 0 Å². The number of methoxy groups -OCH3 is 1. The van der Waals surface area contributed by atoms with E-state index in [1.54, 1.807) is 37.3 Å². The Morgan fingerprint density at radius 2 is 2.00 bits per heavy atom. The standard InChI is InChI=1S/C17H15FO3/c1-11(8-17(19)20)12-6-7-16(21-2)15(10-12)13-4-3-5-14(18)9-13/h3-10H,1-2H3,(H,19,20)/b11-8+. The van der Waals surface area contributed by atoms with E-state index in [1.807, 2.05) is 0 Å². The summed E-state index contributed by atoms with van der Waals surface area (Å²) >= 11 is 0. The number of carboxylic acid groups (broad SMARTS) is 1. The van der Waals surface area contributed by atoms with Crippen molar-refractivity contribution in [1.29, 1.82) is 0 Å². The smallest absolute Gasteiger partial charge is 0.328 e. The van der Waals surface area contributed by atoms with Gasteiger partial charge in [-0.25, -0.2) is 9.18 Å². The predicted octanol–water partition coefficient (Wildman–Crippen LogP) is 3.99. The lowest BCUT2D eigenvalue weighted by atomic mass is 9.98. The van der Waals surface area contributed by atoms with Crippen molar-refractivity contribution in [2.75, 3.05) is 7.11 Å². The zero-order valence-electron chi connectivity index (χ0n) is 11.8. The van der Waals surface area contributed by atoms with E-state index in [0.717, 1.165) is 11.6 Å². The molecule has 21 heavy (non-hydrogen) atoms. The van der Waals surface area contributed by atoms with Crippen LogP contribution in [0.2, 0.25) is 0 Å². The Hall–Kier alpha value is -2.62. The van der Waals surface area contributed by atoms with Crippen molar-refractivity contribution in [3.63, 3.8) is 0 Å². The van der Waals surface area contributed by atoms with Crippen LogP contribution < -0.4 is 4.74 Å². The molecule has 0 atom stereocenters. The van der Waals surface area contributed by atoms with E-state index in [4.69, 9.17) is 9.84 Å². The van der Waals surface area contributed by atoms with Gasteiger partial charge in [-0.05, 0) is 47.9 Å². The molecule has 0 spiro atoms. The molecule has 0 aliphatic rings. The number of hydrogen-bond acceptors (Lipinski definition) is 2. The molecule has 0 aliphatic heterocycles. The number of carboxylic acids is 1. The highest BCUT2D eigenvalue weighted by atomic mass is 19.1. The fraction of sp³-hybridized carbons (Fsp3) is 0.118. The highest BCUT2D eigenvalue weighted by molar-refractivity contribution is 5.90. The highest BCUT2D eigenvalue weighted by Crippen LogP contribution is 2.33. The van der Waals surface area contributed by atoms with Gasteiger partial charge < -0.3 is 9.84 Å². The summed E-state index contributed by atoms with van der Waals surface area (Å²) in [7, 11) is 1.54. The summed E-state index contributed by atoms with van der Waals surface area (Å²) in [5.74, 6) is -0.735. The largest absolute Gasteiger partial charge is 0.496 e. The molecule has 0 saturated heterocycles. The number of halogens is 1. The third kappa shape index (κ3) is 3.48. The molecule has 1 N–H and O–H groups in total. The molecule has 0 unspecified atom stereocenters. The quantitative estimate of drug-likeness (QED) is 0.864. The van der Waals surface area contributed by atoms with Gasteiger partial charge in [0, 0.05) is 11.6 Å². The van der Waals surface area contributed by atoms with Crippen LogP contribution in [0.15, 0.2) is 48.5 Å². The first-order chi connectivity index (χ1) is 10.0. The van der Waals surface area contributed by atoms with Crippen LogP contribution in [0.5, 0.6) is 5.75 Å². The van der Waals surface area contributed by atoms with E-state index >= 15 is 0 Å². The minimum absolute atomic E-state index is 0.335. The zero-order chi connectivity index (χ0) is 15.4. The molecule has 2 rings (SSSR count). The van der Waals surface area contributed by atoms with Crippen LogP contribution in [-0.2, 0) is 4.79 Å². The van der Waals surface area contributed by atoms with Gasteiger partial charge in [-0.15, -0.1) is 0 Å². The maximum absolute atomic E-state index is 13.4. The van der Waals surface area contributed by atoms with Crippen molar-refractivity contribution in [2.45, 2.75) is 6.92 Å². The van der Waals surface area contributed by atoms with Crippen molar-refractivity contribution >= 4 is 11.5 Å². The molecule has 4 heteroatoms. The average Bonchev–Trinajstić information content (AvgIpc) is 2.45. The Bertz CT molecular complexity index is 705. The summed E-state index contributed by atoms with van der Waals surface area (Å²) < 4.78 is 18.7. The minimum Gasteiger partial charge on any atom is -0.496 e. The second-order valence-corrected chi connectivity index (χ2v) is 4.59. The first-order valence-corrected chi connectivity index (χ1v) is 6.37. The van der Waals surface area contributed by atoms with Gasteiger partial charge in [0.15, 0.2) is 0 Å². The molecule has 0 bridgehead atoms. The van der Waals surface area contributed by atoms with Gasteiger partial charge in [0.25, 0.3) is 0 Å². The SMILES string of the molecule is COc1ccc(/C(C)=C/C(=O)O)cc1-c1cccc(F)c1. The topological polar surface area (TPSA) is 46.5 Å². The first kappa shape index (κ1) is 14.8. The number of ether oxygens (including phenoxy) is 1. The van der Waals surface area contributed by atoms with Crippen LogP contribution in [0.25, 0.3) is 16.7 Å². The molecule has 108 valence electrons. The fourth-order valence-corrected chi connectivity index (χ4v) is 2.10. The van der Waals surface area contributed by atoms with Crippen LogP contribution in [0.4, 0.5) is 4.39 Å². The van der Waals surface area contributed by atoms with Crippen LogP contribution in [0, 0.1) is 5.82 Å². The van der Waals surface area contributed by atoms with Crippen molar-refractivity contribution in [3.8, 4) is 16.9 Å². The minimum atomic E-state index is -1.00. The monoisotopic (exact) mass is 286 g/mol. The summed E-state index contributed by atoms with van der Waals surface area (Å²) in [5, 5.41) is 8.82. The lowest BCUT2D eigenvalue weighted by Gasteiger charge is -2.11. The Morgan fingerprint density at radius 1 is 1.24 bits per heavy atom. The van der Waals surface area contributed by atoms with Gasteiger partial charge in [-0.3, -0.25) is 0 Å². The molecule has 0 fully saturated rings. The Morgan fingerprint density at radius 3 is 2.62 bits per heavy atom. The number of carbonyl (C=O) groups is 1. The van der Waals surface area contributed by atoms with Gasteiger partial charge in [-0.1, -0.05) is 18.2 Å². The van der Waals surface area contributed by atoms with Gasteiger partial charge in [0.1, 0.15) is 11.6 Å². The third-order valence-corrected chi connectivity index (χ3v) is 3.13. The molecule has 0 heterocycles. The molecule has 2 aromatic rings. The van der Waals surface area contributed by atoms with Crippen molar-refractivity contribution < 1.29 is 19.0 Å². The van der Waals surface area contributed by atoms with Gasteiger partial charge >= 0.3 is 5.97 Å². The van der Waals surface area contributed by atoms with Crippen molar-refractivity contribution in [3.05, 3.63) is 59.9 Å². The van der Waals surface area contributed by atoms with Crippen LogP contribution >= 0.6 is 0 Å². The van der Waals surface area contributed by atoms with E-state index in [0.29, 0.717) is 22.4 Å². The highest BCUT2D eigenvalue weighted by Gasteiger charge is 2.09. The van der Waals surface area contributed by atoms with Crippen LogP contribution in [0.3, 0.4) is 0 Å². The number of hydrogen-bond donors (Lipinski definition) is 1. The van der Waals surface area contributed by atoms with Gasteiger partial charge in [0.05, 0.1) is 7.11 Å².